The third kappa shape index (κ3) is 9.78. The highest BCUT2D eigenvalue weighted by molar-refractivity contribution is 14.0. The summed E-state index contributed by atoms with van der Waals surface area (Å²) in [5.41, 5.74) is 1.56. The molecule has 27 heavy (non-hydrogen) atoms. The lowest BCUT2D eigenvalue weighted by Crippen LogP contribution is -2.42. The molecule has 1 heterocycles. The molecule has 0 aliphatic heterocycles. The van der Waals surface area contributed by atoms with Crippen LogP contribution in [0.25, 0.3) is 0 Å². The highest BCUT2D eigenvalue weighted by Gasteiger charge is 2.24. The average molecular weight is 493 g/mol. The van der Waals surface area contributed by atoms with E-state index < -0.39 is 5.60 Å². The Hall–Kier alpha value is -0.830. The average Bonchev–Trinajstić information content (AvgIpc) is 2.88. The molecule has 0 spiro atoms. The quantitative estimate of drug-likeness (QED) is 0.250. The molecular weight excluding hydrogens is 453 g/mol. The number of aliphatic hydroxyl groups is 1. The number of rotatable bonds is 11. The lowest BCUT2D eigenvalue weighted by Gasteiger charge is -2.26. The van der Waals surface area contributed by atoms with Crippen molar-refractivity contribution in [3.63, 3.8) is 0 Å². The fourth-order valence-corrected chi connectivity index (χ4v) is 3.27. The van der Waals surface area contributed by atoms with Crippen LogP contribution in [0.1, 0.15) is 64.8 Å². The van der Waals surface area contributed by atoms with Gasteiger partial charge in [-0.3, -0.25) is 9.67 Å². The number of aliphatic imine (C=N–C) groups is 1. The van der Waals surface area contributed by atoms with Gasteiger partial charge >= 0.3 is 0 Å². The molecule has 0 aliphatic rings. The second-order valence-electron chi connectivity index (χ2n) is 7.51. The van der Waals surface area contributed by atoms with E-state index in [0.717, 1.165) is 57.0 Å². The Morgan fingerprint density at radius 3 is 2.33 bits per heavy atom. The van der Waals surface area contributed by atoms with E-state index in [1.165, 1.54) is 5.69 Å². The second-order valence-corrected chi connectivity index (χ2v) is 7.51. The van der Waals surface area contributed by atoms with Gasteiger partial charge in [0, 0.05) is 25.3 Å². The summed E-state index contributed by atoms with van der Waals surface area (Å²) in [4.78, 5) is 4.65. The van der Waals surface area contributed by atoms with Gasteiger partial charge in [0.05, 0.1) is 17.8 Å². The van der Waals surface area contributed by atoms with Crippen LogP contribution in [0.2, 0.25) is 0 Å². The molecule has 1 aromatic rings. The van der Waals surface area contributed by atoms with E-state index in [0.29, 0.717) is 12.5 Å². The Morgan fingerprint density at radius 2 is 1.85 bits per heavy atom. The van der Waals surface area contributed by atoms with Gasteiger partial charge in [-0.15, -0.1) is 24.0 Å². The molecule has 0 saturated carbocycles. The van der Waals surface area contributed by atoms with E-state index in [9.17, 15) is 5.11 Å². The zero-order valence-electron chi connectivity index (χ0n) is 18.0. The Labute approximate surface area is 182 Å². The molecule has 3 N–H and O–H groups in total. The van der Waals surface area contributed by atoms with Crippen molar-refractivity contribution in [1.29, 1.82) is 0 Å². The fourth-order valence-electron chi connectivity index (χ4n) is 3.27. The monoisotopic (exact) mass is 493 g/mol. The lowest BCUT2D eigenvalue weighted by molar-refractivity contribution is 0.0306. The molecule has 0 aliphatic carbocycles. The van der Waals surface area contributed by atoms with Gasteiger partial charge < -0.3 is 15.7 Å². The SMILES string of the molecule is CCCC(O)(CCC)CN=C(NCC)NCC(C)Cn1nc(C)cc1C.I. The standard InChI is InChI=1S/C20H39N5O.HI/c1-7-10-20(26,11-8-2)15-23-19(21-9-3)22-13-16(4)14-25-18(6)12-17(5)24-25;/h12,16,26H,7-11,13-15H2,1-6H3,(H2,21,22,23);1H. The fraction of sp³-hybridized carbons (Fsp3) is 0.800. The van der Waals surface area contributed by atoms with Gasteiger partial charge in [-0.05, 0) is 45.6 Å². The first-order valence-corrected chi connectivity index (χ1v) is 10.1. The number of aryl methyl sites for hydroxylation is 2. The molecule has 0 amide bonds. The number of guanidine groups is 1. The molecule has 1 rings (SSSR count). The van der Waals surface area contributed by atoms with Gasteiger partial charge in [0.25, 0.3) is 0 Å². The molecule has 0 saturated heterocycles. The molecule has 1 unspecified atom stereocenters. The van der Waals surface area contributed by atoms with E-state index in [-0.39, 0.29) is 24.0 Å². The number of hydrogen-bond acceptors (Lipinski definition) is 3. The van der Waals surface area contributed by atoms with E-state index in [1.807, 2.05) is 6.92 Å². The summed E-state index contributed by atoms with van der Waals surface area (Å²) in [5, 5.41) is 22.0. The molecule has 0 fully saturated rings. The van der Waals surface area contributed by atoms with Gasteiger partial charge in [0.2, 0.25) is 0 Å². The first kappa shape index (κ1) is 26.2. The molecule has 1 aromatic heterocycles. The summed E-state index contributed by atoms with van der Waals surface area (Å²) in [5.74, 6) is 1.19. The summed E-state index contributed by atoms with van der Waals surface area (Å²) >= 11 is 0. The molecule has 7 heteroatoms. The summed E-state index contributed by atoms with van der Waals surface area (Å²) in [6.07, 6.45) is 3.52. The Morgan fingerprint density at radius 1 is 1.22 bits per heavy atom. The first-order chi connectivity index (χ1) is 12.3. The van der Waals surface area contributed by atoms with Crippen LogP contribution in [-0.4, -0.2) is 46.1 Å². The van der Waals surface area contributed by atoms with Gasteiger partial charge in [-0.1, -0.05) is 33.6 Å². The summed E-state index contributed by atoms with van der Waals surface area (Å²) < 4.78 is 2.06. The zero-order valence-corrected chi connectivity index (χ0v) is 20.3. The number of aromatic nitrogens is 2. The predicted octanol–water partition coefficient (Wildman–Crippen LogP) is 3.64. The normalized spacial score (nSPS) is 13.2. The van der Waals surface area contributed by atoms with Crippen molar-refractivity contribution in [1.82, 2.24) is 20.4 Å². The van der Waals surface area contributed by atoms with E-state index >= 15 is 0 Å². The molecule has 158 valence electrons. The van der Waals surface area contributed by atoms with E-state index in [1.54, 1.807) is 0 Å². The van der Waals surface area contributed by atoms with Gasteiger partial charge in [0.15, 0.2) is 5.96 Å². The van der Waals surface area contributed by atoms with Crippen LogP contribution in [0.3, 0.4) is 0 Å². The number of halogens is 1. The van der Waals surface area contributed by atoms with Crippen LogP contribution in [-0.2, 0) is 6.54 Å². The van der Waals surface area contributed by atoms with Crippen LogP contribution in [0.4, 0.5) is 0 Å². The zero-order chi connectivity index (χ0) is 19.6. The Bertz CT molecular complexity index is 553. The Balaban J connectivity index is 0.00000676. The molecule has 0 radical (unpaired) electrons. The predicted molar refractivity (Wildman–Crippen MR) is 125 cm³/mol. The Kier molecular flexibility index (Phi) is 13.0. The van der Waals surface area contributed by atoms with Gasteiger partial charge in [-0.25, -0.2) is 0 Å². The number of hydrogen-bond donors (Lipinski definition) is 3. The van der Waals surface area contributed by atoms with Crippen LogP contribution < -0.4 is 10.6 Å². The molecule has 0 aromatic carbocycles. The minimum Gasteiger partial charge on any atom is -0.388 e. The van der Waals surface area contributed by atoms with Crippen LogP contribution in [0.15, 0.2) is 11.1 Å². The van der Waals surface area contributed by atoms with Crippen molar-refractivity contribution in [2.75, 3.05) is 19.6 Å². The van der Waals surface area contributed by atoms with E-state index in [2.05, 4.69) is 66.1 Å². The van der Waals surface area contributed by atoms with Crippen molar-refractivity contribution in [2.24, 2.45) is 10.9 Å². The first-order valence-electron chi connectivity index (χ1n) is 10.1. The maximum atomic E-state index is 10.8. The summed E-state index contributed by atoms with van der Waals surface area (Å²) in [6.45, 7) is 15.5. The maximum Gasteiger partial charge on any atom is 0.191 e. The van der Waals surface area contributed by atoms with Crippen molar-refractivity contribution in [3.8, 4) is 0 Å². The largest absolute Gasteiger partial charge is 0.388 e. The highest BCUT2D eigenvalue weighted by Crippen LogP contribution is 2.19. The molecule has 1 atom stereocenters. The topological polar surface area (TPSA) is 74.5 Å². The molecule has 6 nitrogen and oxygen atoms in total. The minimum absolute atomic E-state index is 0. The van der Waals surface area contributed by atoms with Crippen molar-refractivity contribution < 1.29 is 5.11 Å². The number of nitrogens with zero attached hydrogens (tertiary/aromatic N) is 3. The minimum atomic E-state index is -0.693. The van der Waals surface area contributed by atoms with Crippen molar-refractivity contribution in [3.05, 3.63) is 17.5 Å². The third-order valence-corrected chi connectivity index (χ3v) is 4.51. The van der Waals surface area contributed by atoms with Crippen molar-refractivity contribution >= 4 is 29.9 Å². The van der Waals surface area contributed by atoms with Crippen LogP contribution in [0, 0.1) is 19.8 Å². The van der Waals surface area contributed by atoms with Crippen LogP contribution in [0.5, 0.6) is 0 Å². The van der Waals surface area contributed by atoms with E-state index in [4.69, 9.17) is 0 Å². The smallest absolute Gasteiger partial charge is 0.191 e. The number of nitrogens with one attached hydrogen (secondary N) is 2. The maximum absolute atomic E-state index is 10.8. The highest BCUT2D eigenvalue weighted by atomic mass is 127. The lowest BCUT2D eigenvalue weighted by atomic mass is 9.93. The molecular formula is C20H40IN5O. The van der Waals surface area contributed by atoms with Crippen LogP contribution >= 0.6 is 24.0 Å². The molecule has 0 bridgehead atoms. The summed E-state index contributed by atoms with van der Waals surface area (Å²) in [6, 6.07) is 2.11. The third-order valence-electron chi connectivity index (χ3n) is 4.51. The van der Waals surface area contributed by atoms with Gasteiger partial charge in [-0.2, -0.15) is 5.10 Å². The van der Waals surface area contributed by atoms with Crippen molar-refractivity contribution in [2.45, 2.75) is 79.4 Å². The summed E-state index contributed by atoms with van der Waals surface area (Å²) in [7, 11) is 0. The second kappa shape index (κ2) is 13.4. The van der Waals surface area contributed by atoms with Gasteiger partial charge in [0.1, 0.15) is 0 Å².